The predicted molar refractivity (Wildman–Crippen MR) is 58.9 cm³/mol. The maximum absolute atomic E-state index is 13.5. The molecule has 1 aromatic rings. The van der Waals surface area contributed by atoms with E-state index < -0.39 is 6.04 Å². The van der Waals surface area contributed by atoms with E-state index in [-0.39, 0.29) is 11.8 Å². The van der Waals surface area contributed by atoms with Gasteiger partial charge in [0, 0.05) is 17.7 Å². The van der Waals surface area contributed by atoms with Gasteiger partial charge in [-0.15, -0.1) is 0 Å². The number of hydrogen-bond donors (Lipinski definition) is 1. The average Bonchev–Trinajstić information content (AvgIpc) is 2.70. The minimum Gasteiger partial charge on any atom is -0.464 e. The molecular weight excluding hydrogens is 209 g/mol. The highest BCUT2D eigenvalue weighted by molar-refractivity contribution is 5.83. The van der Waals surface area contributed by atoms with Crippen LogP contribution in [0.25, 0.3) is 0 Å². The second kappa shape index (κ2) is 4.12. The quantitative estimate of drug-likeness (QED) is 0.780. The van der Waals surface area contributed by atoms with E-state index in [1.54, 1.807) is 13.0 Å². The molecule has 2 rings (SSSR count). The standard InChI is InChI=1S/C12H14FNO2/c1-3-16-12(15)10-6-8-9(13)5-4-7(2)11(8)14-10/h4-5,10,14H,3,6H2,1-2H3. The third-order valence-corrected chi connectivity index (χ3v) is 2.76. The number of nitrogens with one attached hydrogen (secondary N) is 1. The van der Waals surface area contributed by atoms with Crippen molar-refractivity contribution in [2.45, 2.75) is 26.3 Å². The summed E-state index contributed by atoms with van der Waals surface area (Å²) < 4.78 is 18.4. The summed E-state index contributed by atoms with van der Waals surface area (Å²) in [4.78, 5) is 11.5. The largest absolute Gasteiger partial charge is 0.464 e. The number of esters is 1. The number of aryl methyl sites for hydroxylation is 1. The number of halogens is 1. The van der Waals surface area contributed by atoms with Crippen LogP contribution in [0.2, 0.25) is 0 Å². The van der Waals surface area contributed by atoms with Crippen molar-refractivity contribution in [3.63, 3.8) is 0 Å². The molecule has 0 bridgehead atoms. The molecular formula is C12H14FNO2. The summed E-state index contributed by atoms with van der Waals surface area (Å²) in [5, 5.41) is 3.01. The molecule has 4 heteroatoms. The molecule has 0 spiro atoms. The van der Waals surface area contributed by atoms with Gasteiger partial charge >= 0.3 is 5.97 Å². The Morgan fingerprint density at radius 3 is 3.00 bits per heavy atom. The first-order chi connectivity index (χ1) is 7.63. The van der Waals surface area contributed by atoms with Gasteiger partial charge in [-0.05, 0) is 25.5 Å². The van der Waals surface area contributed by atoms with E-state index in [9.17, 15) is 9.18 Å². The first-order valence-electron chi connectivity index (χ1n) is 5.34. The van der Waals surface area contributed by atoms with Gasteiger partial charge in [0.1, 0.15) is 11.9 Å². The van der Waals surface area contributed by atoms with Crippen LogP contribution in [0.15, 0.2) is 12.1 Å². The van der Waals surface area contributed by atoms with Gasteiger partial charge < -0.3 is 10.1 Å². The Balaban J connectivity index is 2.24. The summed E-state index contributed by atoms with van der Waals surface area (Å²) in [6.07, 6.45) is 0.363. The van der Waals surface area contributed by atoms with Gasteiger partial charge in [0.25, 0.3) is 0 Å². The van der Waals surface area contributed by atoms with Gasteiger partial charge in [-0.25, -0.2) is 9.18 Å². The second-order valence-electron chi connectivity index (χ2n) is 3.87. The molecule has 1 atom stereocenters. The Morgan fingerprint density at radius 1 is 1.62 bits per heavy atom. The number of carbonyl (C=O) groups excluding carboxylic acids is 1. The van der Waals surface area contributed by atoms with Crippen LogP contribution in [-0.4, -0.2) is 18.6 Å². The third-order valence-electron chi connectivity index (χ3n) is 2.76. The first kappa shape index (κ1) is 10.9. The van der Waals surface area contributed by atoms with E-state index >= 15 is 0 Å². The van der Waals surface area contributed by atoms with Crippen LogP contribution in [0.5, 0.6) is 0 Å². The van der Waals surface area contributed by atoms with Gasteiger partial charge in [0.05, 0.1) is 6.61 Å². The molecule has 0 aliphatic carbocycles. The van der Waals surface area contributed by atoms with Gasteiger partial charge in [0.2, 0.25) is 0 Å². The minimum absolute atomic E-state index is 0.264. The molecule has 3 nitrogen and oxygen atoms in total. The second-order valence-corrected chi connectivity index (χ2v) is 3.87. The van der Waals surface area contributed by atoms with E-state index in [2.05, 4.69) is 5.32 Å². The lowest BCUT2D eigenvalue weighted by molar-refractivity contribution is -0.143. The highest BCUT2D eigenvalue weighted by atomic mass is 19.1. The summed E-state index contributed by atoms with van der Waals surface area (Å²) in [5.74, 6) is -0.586. The predicted octanol–water partition coefficient (Wildman–Crippen LogP) is 2.03. The maximum Gasteiger partial charge on any atom is 0.328 e. The van der Waals surface area contributed by atoms with Crippen LogP contribution in [0.1, 0.15) is 18.1 Å². The number of fused-ring (bicyclic) bond motifs is 1. The Bertz CT molecular complexity index is 400. The summed E-state index contributed by atoms with van der Waals surface area (Å²) in [5.41, 5.74) is 2.26. The van der Waals surface area contributed by atoms with Gasteiger partial charge in [-0.3, -0.25) is 0 Å². The smallest absolute Gasteiger partial charge is 0.328 e. The minimum atomic E-state index is -0.453. The summed E-state index contributed by atoms with van der Waals surface area (Å²) in [6.45, 7) is 3.99. The summed E-state index contributed by atoms with van der Waals surface area (Å²) >= 11 is 0. The van der Waals surface area contributed by atoms with E-state index in [4.69, 9.17) is 4.74 Å². The lowest BCUT2D eigenvalue weighted by Gasteiger charge is -2.10. The van der Waals surface area contributed by atoms with Crippen LogP contribution in [-0.2, 0) is 16.0 Å². The molecule has 1 aromatic carbocycles. The fourth-order valence-corrected chi connectivity index (χ4v) is 1.95. The maximum atomic E-state index is 13.5. The van der Waals surface area contributed by atoms with Crippen molar-refractivity contribution in [2.75, 3.05) is 11.9 Å². The first-order valence-corrected chi connectivity index (χ1v) is 5.34. The van der Waals surface area contributed by atoms with Crippen molar-refractivity contribution in [3.8, 4) is 0 Å². The number of carbonyl (C=O) groups is 1. The van der Waals surface area contributed by atoms with Crippen molar-refractivity contribution >= 4 is 11.7 Å². The lowest BCUT2D eigenvalue weighted by Crippen LogP contribution is -2.29. The molecule has 16 heavy (non-hydrogen) atoms. The Kier molecular flexibility index (Phi) is 2.81. The van der Waals surface area contributed by atoms with Crippen LogP contribution in [0, 0.1) is 12.7 Å². The SMILES string of the molecule is CCOC(=O)C1Cc2c(F)ccc(C)c2N1. The monoisotopic (exact) mass is 223 g/mol. The zero-order valence-corrected chi connectivity index (χ0v) is 9.34. The Morgan fingerprint density at radius 2 is 2.38 bits per heavy atom. The molecule has 0 saturated carbocycles. The van der Waals surface area contributed by atoms with E-state index in [1.807, 2.05) is 6.92 Å². The molecule has 1 aliphatic rings. The van der Waals surface area contributed by atoms with Crippen molar-refractivity contribution in [3.05, 3.63) is 29.1 Å². The average molecular weight is 223 g/mol. The molecule has 0 saturated heterocycles. The fraction of sp³-hybridized carbons (Fsp3) is 0.417. The molecule has 1 heterocycles. The molecule has 1 unspecified atom stereocenters. The highest BCUT2D eigenvalue weighted by Gasteiger charge is 2.30. The topological polar surface area (TPSA) is 38.3 Å². The highest BCUT2D eigenvalue weighted by Crippen LogP contribution is 2.31. The summed E-state index contributed by atoms with van der Waals surface area (Å²) in [6, 6.07) is 2.68. The molecule has 86 valence electrons. The van der Waals surface area contributed by atoms with Gasteiger partial charge in [-0.1, -0.05) is 6.07 Å². The Hall–Kier alpha value is -1.58. The van der Waals surface area contributed by atoms with Gasteiger partial charge in [-0.2, -0.15) is 0 Å². The number of hydrogen-bond acceptors (Lipinski definition) is 3. The molecule has 0 aromatic heterocycles. The van der Waals surface area contributed by atoms with E-state index in [1.165, 1.54) is 6.07 Å². The van der Waals surface area contributed by atoms with Crippen LogP contribution in [0.3, 0.4) is 0 Å². The van der Waals surface area contributed by atoms with E-state index in [0.29, 0.717) is 18.6 Å². The van der Waals surface area contributed by atoms with Crippen molar-refractivity contribution in [2.24, 2.45) is 0 Å². The molecule has 1 N–H and O–H groups in total. The van der Waals surface area contributed by atoms with Crippen LogP contribution < -0.4 is 5.32 Å². The Labute approximate surface area is 93.6 Å². The van der Waals surface area contributed by atoms with Gasteiger partial charge in [0.15, 0.2) is 0 Å². The number of ether oxygens (including phenoxy) is 1. The zero-order valence-electron chi connectivity index (χ0n) is 9.34. The molecule has 0 amide bonds. The van der Waals surface area contributed by atoms with Crippen LogP contribution >= 0.6 is 0 Å². The van der Waals surface area contributed by atoms with Crippen molar-refractivity contribution < 1.29 is 13.9 Å². The normalized spacial score (nSPS) is 17.8. The third kappa shape index (κ3) is 1.75. The van der Waals surface area contributed by atoms with E-state index in [0.717, 1.165) is 11.3 Å². The molecule has 0 fully saturated rings. The van der Waals surface area contributed by atoms with Crippen LogP contribution in [0.4, 0.5) is 10.1 Å². The fourth-order valence-electron chi connectivity index (χ4n) is 1.95. The van der Waals surface area contributed by atoms with Crippen molar-refractivity contribution in [1.29, 1.82) is 0 Å². The zero-order chi connectivity index (χ0) is 11.7. The summed E-state index contributed by atoms with van der Waals surface area (Å²) in [7, 11) is 0. The number of benzene rings is 1. The number of rotatable bonds is 2. The molecule has 1 aliphatic heterocycles. The molecule has 0 radical (unpaired) electrons. The number of anilines is 1. The lowest BCUT2D eigenvalue weighted by atomic mass is 10.1. The van der Waals surface area contributed by atoms with Crippen molar-refractivity contribution in [1.82, 2.24) is 0 Å².